The van der Waals surface area contributed by atoms with E-state index in [9.17, 15) is 14.4 Å². The summed E-state index contributed by atoms with van der Waals surface area (Å²) in [5.74, 6) is 0.268. The van der Waals surface area contributed by atoms with E-state index in [-0.39, 0.29) is 18.4 Å². The van der Waals surface area contributed by atoms with Gasteiger partial charge in [0.05, 0.1) is 0 Å². The lowest BCUT2D eigenvalue weighted by Gasteiger charge is -2.19. The van der Waals surface area contributed by atoms with Crippen molar-refractivity contribution in [3.63, 3.8) is 0 Å². The van der Waals surface area contributed by atoms with Gasteiger partial charge in [0, 0.05) is 18.7 Å². The van der Waals surface area contributed by atoms with E-state index in [1.165, 1.54) is 12.8 Å². The first-order valence-electron chi connectivity index (χ1n) is 9.83. The van der Waals surface area contributed by atoms with Gasteiger partial charge in [-0.05, 0) is 57.2 Å². The van der Waals surface area contributed by atoms with E-state index in [2.05, 4.69) is 16.0 Å². The minimum Gasteiger partial charge on any atom is -0.444 e. The Hall–Kier alpha value is -2.57. The fraction of sp³-hybridized carbons (Fsp3) is 0.571. The number of carbonyl (C=O) groups is 3. The highest BCUT2D eigenvalue weighted by Crippen LogP contribution is 2.27. The van der Waals surface area contributed by atoms with E-state index in [0.29, 0.717) is 18.9 Å². The first kappa shape index (κ1) is 21.7. The summed E-state index contributed by atoms with van der Waals surface area (Å²) >= 11 is 0. The number of nitrogens with one attached hydrogen (secondary N) is 3. The van der Waals surface area contributed by atoms with Crippen LogP contribution in [0.3, 0.4) is 0 Å². The van der Waals surface area contributed by atoms with Crippen LogP contribution in [0, 0.1) is 5.92 Å². The van der Waals surface area contributed by atoms with Crippen molar-refractivity contribution in [1.82, 2.24) is 10.6 Å². The second-order valence-electron chi connectivity index (χ2n) is 8.23. The van der Waals surface area contributed by atoms with E-state index in [1.807, 2.05) is 24.3 Å². The number of anilines is 1. The second-order valence-corrected chi connectivity index (χ2v) is 8.23. The molecule has 1 fully saturated rings. The van der Waals surface area contributed by atoms with Gasteiger partial charge in [0.1, 0.15) is 12.1 Å². The molecule has 1 saturated carbocycles. The fourth-order valence-corrected chi connectivity index (χ4v) is 3.12. The highest BCUT2D eigenvalue weighted by atomic mass is 16.6. The average Bonchev–Trinajstić information content (AvgIpc) is 3.10. The lowest BCUT2D eigenvalue weighted by molar-refractivity contribution is -0.120. The fourth-order valence-electron chi connectivity index (χ4n) is 3.12. The zero-order chi connectivity index (χ0) is 20.6. The van der Waals surface area contributed by atoms with Crippen LogP contribution in [0.2, 0.25) is 0 Å². The number of hydrogen-bond donors (Lipinski definition) is 3. The molecule has 154 valence electrons. The number of carbonyl (C=O) groups excluding carboxylic acids is 3. The van der Waals surface area contributed by atoms with Crippen molar-refractivity contribution in [2.24, 2.45) is 5.92 Å². The first-order valence-corrected chi connectivity index (χ1v) is 9.83. The van der Waals surface area contributed by atoms with Gasteiger partial charge in [0.15, 0.2) is 0 Å². The summed E-state index contributed by atoms with van der Waals surface area (Å²) in [4.78, 5) is 35.4. The molecule has 0 spiro atoms. The van der Waals surface area contributed by atoms with Gasteiger partial charge in [0.2, 0.25) is 11.8 Å². The molecule has 1 aromatic rings. The van der Waals surface area contributed by atoms with Crippen LogP contribution in [-0.4, -0.2) is 30.1 Å². The molecule has 0 unspecified atom stereocenters. The predicted molar refractivity (Wildman–Crippen MR) is 108 cm³/mol. The maximum absolute atomic E-state index is 12.1. The van der Waals surface area contributed by atoms with Crippen LogP contribution < -0.4 is 16.0 Å². The second kappa shape index (κ2) is 10.1. The summed E-state index contributed by atoms with van der Waals surface area (Å²) in [5.41, 5.74) is 1.05. The number of alkyl carbamates (subject to hydrolysis) is 1. The molecule has 1 aromatic carbocycles. The molecular weight excluding hydrogens is 358 g/mol. The van der Waals surface area contributed by atoms with Crippen molar-refractivity contribution in [3.8, 4) is 0 Å². The zero-order valence-corrected chi connectivity index (χ0v) is 17.0. The minimum absolute atomic E-state index is 0.0566. The van der Waals surface area contributed by atoms with Crippen LogP contribution in [0.5, 0.6) is 0 Å². The first-order chi connectivity index (χ1) is 13.2. The van der Waals surface area contributed by atoms with Gasteiger partial charge >= 0.3 is 6.09 Å². The van der Waals surface area contributed by atoms with Crippen LogP contribution in [0.1, 0.15) is 58.4 Å². The lowest BCUT2D eigenvalue weighted by Crippen LogP contribution is -2.39. The number of rotatable bonds is 7. The van der Waals surface area contributed by atoms with Crippen molar-refractivity contribution in [2.75, 3.05) is 11.9 Å². The van der Waals surface area contributed by atoms with E-state index in [0.717, 1.165) is 24.1 Å². The SMILES string of the molecule is CC(C)(C)OC(=O)NCC(=O)NCc1ccc(NC(=O)CC2CCCC2)cc1. The van der Waals surface area contributed by atoms with Crippen molar-refractivity contribution >= 4 is 23.6 Å². The van der Waals surface area contributed by atoms with Crippen LogP contribution in [0.15, 0.2) is 24.3 Å². The van der Waals surface area contributed by atoms with Crippen molar-refractivity contribution in [3.05, 3.63) is 29.8 Å². The van der Waals surface area contributed by atoms with Gasteiger partial charge in [-0.25, -0.2) is 4.79 Å². The van der Waals surface area contributed by atoms with E-state index in [1.54, 1.807) is 20.8 Å². The van der Waals surface area contributed by atoms with Gasteiger partial charge in [-0.3, -0.25) is 9.59 Å². The van der Waals surface area contributed by atoms with Crippen LogP contribution in [0.25, 0.3) is 0 Å². The molecule has 1 aliphatic rings. The molecule has 3 amide bonds. The Balaban J connectivity index is 1.68. The van der Waals surface area contributed by atoms with Crippen LogP contribution >= 0.6 is 0 Å². The maximum atomic E-state index is 12.1. The number of hydrogen-bond acceptors (Lipinski definition) is 4. The Bertz CT molecular complexity index is 674. The standard InChI is InChI=1S/C21H31N3O4/c1-21(2,3)28-20(27)23-14-19(26)22-13-16-8-10-17(11-9-16)24-18(25)12-15-6-4-5-7-15/h8-11,15H,4-7,12-14H2,1-3H3,(H,22,26)(H,23,27)(H,24,25). The van der Waals surface area contributed by atoms with Gasteiger partial charge in [-0.15, -0.1) is 0 Å². The molecule has 0 radical (unpaired) electrons. The van der Waals surface area contributed by atoms with Crippen molar-refractivity contribution in [1.29, 1.82) is 0 Å². The topological polar surface area (TPSA) is 96.5 Å². The highest BCUT2D eigenvalue weighted by molar-refractivity contribution is 5.90. The minimum atomic E-state index is -0.625. The molecule has 0 saturated heterocycles. The molecule has 0 aromatic heterocycles. The molecule has 0 atom stereocenters. The third-order valence-corrected chi connectivity index (χ3v) is 4.47. The molecule has 0 aliphatic heterocycles. The Morgan fingerprint density at radius 3 is 2.25 bits per heavy atom. The van der Waals surface area contributed by atoms with E-state index >= 15 is 0 Å². The number of amides is 3. The molecule has 0 heterocycles. The third-order valence-electron chi connectivity index (χ3n) is 4.47. The summed E-state index contributed by atoms with van der Waals surface area (Å²) in [5, 5.41) is 8.07. The van der Waals surface area contributed by atoms with E-state index < -0.39 is 11.7 Å². The summed E-state index contributed by atoms with van der Waals surface area (Å²) in [6.07, 6.45) is 4.71. The molecule has 0 bridgehead atoms. The quantitative estimate of drug-likeness (QED) is 0.666. The average molecular weight is 389 g/mol. The summed E-state index contributed by atoms with van der Waals surface area (Å²) in [7, 11) is 0. The van der Waals surface area contributed by atoms with Gasteiger partial charge in [-0.1, -0.05) is 25.0 Å². The number of ether oxygens (including phenoxy) is 1. The Labute approximate surface area is 166 Å². The highest BCUT2D eigenvalue weighted by Gasteiger charge is 2.18. The monoisotopic (exact) mass is 389 g/mol. The molecule has 28 heavy (non-hydrogen) atoms. The molecule has 3 N–H and O–H groups in total. The summed E-state index contributed by atoms with van der Waals surface area (Å²) < 4.78 is 5.07. The lowest BCUT2D eigenvalue weighted by atomic mass is 10.0. The maximum Gasteiger partial charge on any atom is 0.408 e. The van der Waals surface area contributed by atoms with Crippen molar-refractivity contribution < 1.29 is 19.1 Å². The summed E-state index contributed by atoms with van der Waals surface area (Å²) in [6.45, 7) is 5.46. The largest absolute Gasteiger partial charge is 0.444 e. The van der Waals surface area contributed by atoms with Gasteiger partial charge in [-0.2, -0.15) is 0 Å². The molecule has 1 aliphatic carbocycles. The zero-order valence-electron chi connectivity index (χ0n) is 17.0. The van der Waals surface area contributed by atoms with Crippen LogP contribution in [-0.2, 0) is 20.9 Å². The molecular formula is C21H31N3O4. The van der Waals surface area contributed by atoms with Gasteiger partial charge < -0.3 is 20.7 Å². The summed E-state index contributed by atoms with van der Waals surface area (Å²) in [6, 6.07) is 7.36. The molecule has 2 rings (SSSR count). The third kappa shape index (κ3) is 8.41. The molecule has 7 nitrogen and oxygen atoms in total. The number of benzene rings is 1. The predicted octanol–water partition coefficient (Wildman–Crippen LogP) is 3.35. The van der Waals surface area contributed by atoms with Crippen LogP contribution in [0.4, 0.5) is 10.5 Å². The Morgan fingerprint density at radius 1 is 1.00 bits per heavy atom. The smallest absolute Gasteiger partial charge is 0.408 e. The Kier molecular flexibility index (Phi) is 7.84. The molecule has 7 heteroatoms. The normalized spacial score (nSPS) is 14.4. The van der Waals surface area contributed by atoms with Gasteiger partial charge in [0.25, 0.3) is 0 Å². The van der Waals surface area contributed by atoms with Crippen molar-refractivity contribution in [2.45, 2.75) is 65.0 Å². The van der Waals surface area contributed by atoms with E-state index in [4.69, 9.17) is 4.74 Å². The Morgan fingerprint density at radius 2 is 1.64 bits per heavy atom.